The van der Waals surface area contributed by atoms with Crippen molar-refractivity contribution in [1.29, 1.82) is 0 Å². The summed E-state index contributed by atoms with van der Waals surface area (Å²) in [6, 6.07) is 23.4. The third-order valence-corrected chi connectivity index (χ3v) is 17.9. The van der Waals surface area contributed by atoms with Gasteiger partial charge in [0.1, 0.15) is 23.9 Å². The lowest BCUT2D eigenvalue weighted by atomic mass is 9.76. The predicted molar refractivity (Wildman–Crippen MR) is 319 cm³/mol. The number of rotatable bonds is 23. The van der Waals surface area contributed by atoms with Crippen LogP contribution in [0.5, 0.6) is 0 Å². The van der Waals surface area contributed by atoms with Crippen molar-refractivity contribution in [2.45, 2.75) is 176 Å². The van der Waals surface area contributed by atoms with Gasteiger partial charge in [0.25, 0.3) is 11.8 Å². The van der Waals surface area contributed by atoms with Crippen molar-refractivity contribution in [2.75, 3.05) is 59.4 Å². The van der Waals surface area contributed by atoms with Gasteiger partial charge in [-0.3, -0.25) is 38.4 Å². The van der Waals surface area contributed by atoms with Gasteiger partial charge >= 0.3 is 0 Å². The van der Waals surface area contributed by atoms with E-state index >= 15 is 0 Å². The van der Waals surface area contributed by atoms with E-state index in [0.717, 1.165) is 30.4 Å². The average molecular weight is 1130 g/mol. The fourth-order valence-electron chi connectivity index (χ4n) is 12.4. The number of likely N-dealkylation sites (tertiary alicyclic amines) is 4. The Hall–Kier alpha value is -6.42. The molecule has 16 heteroatoms. The van der Waals surface area contributed by atoms with E-state index in [4.69, 9.17) is 0 Å². The molecule has 0 saturated carbocycles. The second-order valence-corrected chi connectivity index (χ2v) is 25.8. The molecule has 4 heterocycles. The van der Waals surface area contributed by atoms with E-state index in [2.05, 4.69) is 10.6 Å². The molecule has 3 aromatic carbocycles. The fourth-order valence-corrected chi connectivity index (χ4v) is 12.4. The fraction of sp³-hybridized carbons (Fsp3) is 0.606. The molecular weight excluding hydrogens is 1030 g/mol. The lowest BCUT2D eigenvalue weighted by Crippen LogP contribution is -2.58. The van der Waals surface area contributed by atoms with Gasteiger partial charge < -0.3 is 40.0 Å². The normalized spacial score (nSPS) is 20.8. The van der Waals surface area contributed by atoms with Gasteiger partial charge in [0.15, 0.2) is 0 Å². The standard InChI is InChI=1S/C66H94N8O8/c1-11-45(2)58(76)68-57(66(7,8)9)64(82)72-37-19-27-52(72)44-70(41-35-48-24-16-13-17-25-48)63(81)55-29-21-39-74(55)60(78)50-32-30-49(31-33-50)59(77)73-38-20-28-54(73)62(80)69(40-34-47-22-14-12-15-23-47)43-51-26-18-36-71(51)61(79)53(65(4,5)6)42-56(75)46(3)67-10/h12-17,22-25,30-33,45-46,51-55,57,67H,11,18-21,26-29,34-44H2,1-10H3,(H,68,76)/t45-,46+,51+,52+,53-,54+,55+,57-/m1/s1. The van der Waals surface area contributed by atoms with Crippen molar-refractivity contribution in [3.8, 4) is 0 Å². The highest BCUT2D eigenvalue weighted by Gasteiger charge is 2.45. The van der Waals surface area contributed by atoms with Crippen LogP contribution in [0.2, 0.25) is 0 Å². The molecule has 4 fully saturated rings. The minimum absolute atomic E-state index is 0.0148. The van der Waals surface area contributed by atoms with Crippen LogP contribution in [0.4, 0.5) is 0 Å². The molecule has 446 valence electrons. The Bertz CT molecular complexity index is 2510. The average Bonchev–Trinajstić information content (AvgIpc) is 4.37. The van der Waals surface area contributed by atoms with Crippen LogP contribution in [-0.2, 0) is 41.6 Å². The molecule has 0 aromatic heterocycles. The molecule has 0 bridgehead atoms. The molecule has 3 aromatic rings. The quantitative estimate of drug-likeness (QED) is 0.0958. The minimum Gasteiger partial charge on any atom is -0.344 e. The molecule has 4 saturated heterocycles. The maximum atomic E-state index is 15.0. The maximum absolute atomic E-state index is 15.0. The van der Waals surface area contributed by atoms with Gasteiger partial charge in [-0.1, -0.05) is 116 Å². The van der Waals surface area contributed by atoms with Crippen LogP contribution in [0.15, 0.2) is 84.9 Å². The molecule has 7 rings (SSSR count). The first-order valence-corrected chi connectivity index (χ1v) is 30.5. The largest absolute Gasteiger partial charge is 0.344 e. The van der Waals surface area contributed by atoms with Crippen LogP contribution in [0.25, 0.3) is 0 Å². The number of nitrogens with zero attached hydrogens (tertiary/aromatic N) is 6. The SMILES string of the molecule is CC[C@@H](C)C(=O)N[C@H](C(=O)N1CCC[C@H]1CN(CCc1ccccc1)C(=O)[C@@H]1CCCN1C(=O)c1ccc(C(=O)N2CCC[C@H]2C(=O)N(CCc2ccccc2)C[C@@H]2CCCN2C(=O)[C@@H](CC(=O)[C@H](C)NC)C(C)(C)C)cc1)C(C)(C)C. The number of nitrogens with one attached hydrogen (secondary N) is 2. The van der Waals surface area contributed by atoms with Crippen molar-refractivity contribution in [3.05, 3.63) is 107 Å². The zero-order chi connectivity index (χ0) is 59.5. The van der Waals surface area contributed by atoms with Crippen LogP contribution < -0.4 is 10.6 Å². The van der Waals surface area contributed by atoms with Gasteiger partial charge in [-0.15, -0.1) is 0 Å². The number of likely N-dealkylation sites (N-methyl/N-ethyl adjacent to an activating group) is 1. The first kappa shape index (κ1) is 63.2. The zero-order valence-electron chi connectivity index (χ0n) is 50.8. The van der Waals surface area contributed by atoms with E-state index in [9.17, 15) is 38.4 Å². The second-order valence-electron chi connectivity index (χ2n) is 25.8. The number of Topliss-reactive ketones (excluding diaryl/α,β-unsaturated/α-hetero) is 1. The van der Waals surface area contributed by atoms with E-state index in [1.165, 1.54) is 0 Å². The topological polar surface area (TPSA) is 180 Å². The molecule has 7 amide bonds. The number of amides is 7. The third-order valence-electron chi connectivity index (χ3n) is 17.9. The summed E-state index contributed by atoms with van der Waals surface area (Å²) in [5.41, 5.74) is 1.81. The summed E-state index contributed by atoms with van der Waals surface area (Å²) in [6.07, 6.45) is 7.20. The maximum Gasteiger partial charge on any atom is 0.254 e. The second kappa shape index (κ2) is 28.2. The van der Waals surface area contributed by atoms with Crippen molar-refractivity contribution in [1.82, 2.24) is 40.0 Å². The number of carbonyl (C=O) groups is 8. The van der Waals surface area contributed by atoms with Crippen molar-refractivity contribution in [2.24, 2.45) is 22.7 Å². The molecule has 4 aliphatic rings. The summed E-state index contributed by atoms with van der Waals surface area (Å²) in [5.74, 6) is -2.09. The smallest absolute Gasteiger partial charge is 0.254 e. The van der Waals surface area contributed by atoms with E-state index in [1.807, 2.05) is 143 Å². The summed E-state index contributed by atoms with van der Waals surface area (Å²) >= 11 is 0. The molecule has 16 nitrogen and oxygen atoms in total. The van der Waals surface area contributed by atoms with E-state index in [1.54, 1.807) is 41.1 Å². The van der Waals surface area contributed by atoms with E-state index in [-0.39, 0.29) is 77.6 Å². The Morgan fingerprint density at radius 2 is 0.976 bits per heavy atom. The highest BCUT2D eigenvalue weighted by molar-refractivity contribution is 6.01. The van der Waals surface area contributed by atoms with Crippen LogP contribution in [-0.4, -0.2) is 172 Å². The highest BCUT2D eigenvalue weighted by atomic mass is 16.2. The molecule has 0 aliphatic carbocycles. The minimum atomic E-state index is -0.740. The molecule has 4 aliphatic heterocycles. The summed E-state index contributed by atoms with van der Waals surface area (Å²) in [6.45, 7) is 20.7. The number of ketones is 1. The lowest BCUT2D eigenvalue weighted by molar-refractivity contribution is -0.145. The van der Waals surface area contributed by atoms with E-state index < -0.39 is 34.9 Å². The number of carbonyl (C=O) groups excluding carboxylic acids is 8. The monoisotopic (exact) mass is 1130 g/mol. The summed E-state index contributed by atoms with van der Waals surface area (Å²) < 4.78 is 0. The predicted octanol–water partition coefficient (Wildman–Crippen LogP) is 7.83. The Balaban J connectivity index is 1.05. The van der Waals surface area contributed by atoms with Crippen LogP contribution in [0, 0.1) is 22.7 Å². The number of benzene rings is 3. The van der Waals surface area contributed by atoms with Gasteiger partial charge in [0.2, 0.25) is 29.5 Å². The lowest BCUT2D eigenvalue weighted by Gasteiger charge is -2.38. The van der Waals surface area contributed by atoms with Crippen molar-refractivity contribution >= 4 is 47.1 Å². The van der Waals surface area contributed by atoms with E-state index in [0.29, 0.717) is 115 Å². The molecule has 0 unspecified atom stereocenters. The first-order chi connectivity index (χ1) is 39.0. The molecule has 2 N–H and O–H groups in total. The van der Waals surface area contributed by atoms with Crippen molar-refractivity contribution < 1.29 is 38.4 Å². The number of hydrogen-bond donors (Lipinski definition) is 2. The van der Waals surface area contributed by atoms with Crippen LogP contribution in [0.1, 0.15) is 158 Å². The first-order valence-electron chi connectivity index (χ1n) is 30.5. The summed E-state index contributed by atoms with van der Waals surface area (Å²) in [4.78, 5) is 125. The Kier molecular flexibility index (Phi) is 21.8. The Morgan fingerprint density at radius 1 is 0.561 bits per heavy atom. The Labute approximate surface area is 488 Å². The van der Waals surface area contributed by atoms with Gasteiger partial charge in [0.05, 0.1) is 6.04 Å². The summed E-state index contributed by atoms with van der Waals surface area (Å²) in [5, 5.41) is 6.09. The zero-order valence-corrected chi connectivity index (χ0v) is 50.8. The Morgan fingerprint density at radius 3 is 1.38 bits per heavy atom. The third kappa shape index (κ3) is 15.6. The molecule has 82 heavy (non-hydrogen) atoms. The highest BCUT2D eigenvalue weighted by Crippen LogP contribution is 2.35. The van der Waals surface area contributed by atoms with Crippen molar-refractivity contribution in [3.63, 3.8) is 0 Å². The summed E-state index contributed by atoms with van der Waals surface area (Å²) in [7, 11) is 1.74. The molecule has 8 atom stereocenters. The molecular formula is C66H94N8O8. The molecule has 0 spiro atoms. The van der Waals surface area contributed by atoms with Crippen LogP contribution >= 0.6 is 0 Å². The molecule has 0 radical (unpaired) electrons. The van der Waals surface area contributed by atoms with Crippen LogP contribution in [0.3, 0.4) is 0 Å². The number of hydrogen-bond acceptors (Lipinski definition) is 9. The van der Waals surface area contributed by atoms with Gasteiger partial charge in [-0.2, -0.15) is 0 Å². The van der Waals surface area contributed by atoms with Gasteiger partial charge in [0, 0.05) is 93.8 Å². The van der Waals surface area contributed by atoms with Gasteiger partial charge in [-0.25, -0.2) is 0 Å². The van der Waals surface area contributed by atoms with Gasteiger partial charge in [-0.05, 0) is 131 Å².